The Labute approximate surface area is 172 Å². The number of hydrogen-bond donors (Lipinski definition) is 1. The van der Waals surface area contributed by atoms with Crippen LogP contribution in [0.2, 0.25) is 0 Å². The van der Waals surface area contributed by atoms with Gasteiger partial charge in [0.05, 0.1) is 16.6 Å². The molecule has 0 radical (unpaired) electrons. The van der Waals surface area contributed by atoms with Crippen LogP contribution < -0.4 is 4.72 Å². The predicted octanol–water partition coefficient (Wildman–Crippen LogP) is 5.05. The summed E-state index contributed by atoms with van der Waals surface area (Å²) in [5.41, 5.74) is 5.14. The van der Waals surface area contributed by atoms with Crippen LogP contribution in [0.3, 0.4) is 0 Å². The molecule has 0 saturated carbocycles. The molecule has 0 spiro atoms. The van der Waals surface area contributed by atoms with Crippen LogP contribution in [0.15, 0.2) is 89.5 Å². The summed E-state index contributed by atoms with van der Waals surface area (Å²) in [6, 6.07) is 22.2. The summed E-state index contributed by atoms with van der Waals surface area (Å²) in [5.74, 6) is 0. The zero-order valence-corrected chi connectivity index (χ0v) is 17.2. The van der Waals surface area contributed by atoms with E-state index < -0.39 is 16.1 Å². The normalized spacial score (nSPS) is 15.5. The highest BCUT2D eigenvalue weighted by molar-refractivity contribution is 7.89. The van der Waals surface area contributed by atoms with E-state index in [1.165, 1.54) is 0 Å². The summed E-state index contributed by atoms with van der Waals surface area (Å²) >= 11 is 0. The third-order valence-corrected chi connectivity index (χ3v) is 6.76. The molecule has 1 atom stereocenters. The Morgan fingerprint density at radius 2 is 1.62 bits per heavy atom. The van der Waals surface area contributed by atoms with E-state index in [2.05, 4.69) is 9.71 Å². The predicted molar refractivity (Wildman–Crippen MR) is 116 cm³/mol. The number of allylic oxidation sites excluding steroid dienone is 1. The maximum atomic E-state index is 13.2. The first kappa shape index (κ1) is 19.6. The van der Waals surface area contributed by atoms with Crippen LogP contribution in [0.4, 0.5) is 0 Å². The molecule has 0 saturated heterocycles. The van der Waals surface area contributed by atoms with E-state index in [1.54, 1.807) is 18.3 Å². The SMILES string of the molecule is Cc1ccc(S(=O)(=O)NC(C2=C(c3ccccn3)CCC2)c2ccccc2)cc1. The number of aromatic nitrogens is 1. The van der Waals surface area contributed by atoms with Crippen molar-refractivity contribution in [1.82, 2.24) is 9.71 Å². The van der Waals surface area contributed by atoms with E-state index in [0.29, 0.717) is 0 Å². The number of sulfonamides is 1. The van der Waals surface area contributed by atoms with Crippen LogP contribution in [0.1, 0.15) is 42.1 Å². The van der Waals surface area contributed by atoms with Gasteiger partial charge in [0, 0.05) is 6.20 Å². The number of aryl methyl sites for hydroxylation is 1. The van der Waals surface area contributed by atoms with Crippen LogP contribution in [0.5, 0.6) is 0 Å². The highest BCUT2D eigenvalue weighted by Gasteiger charge is 2.29. The monoisotopic (exact) mass is 404 g/mol. The standard InChI is InChI=1S/C24H24N2O2S/c1-18-13-15-20(16-14-18)29(27,28)26-24(19-8-3-2-4-9-19)22-11-7-10-21(22)23-12-5-6-17-25-23/h2-6,8-9,12-17,24,26H,7,10-11H2,1H3. The lowest BCUT2D eigenvalue weighted by atomic mass is 9.95. The molecule has 0 bridgehead atoms. The lowest BCUT2D eigenvalue weighted by molar-refractivity contribution is 0.568. The number of hydrogen-bond acceptors (Lipinski definition) is 3. The highest BCUT2D eigenvalue weighted by Crippen LogP contribution is 2.40. The van der Waals surface area contributed by atoms with E-state index in [1.807, 2.05) is 67.6 Å². The van der Waals surface area contributed by atoms with Crippen LogP contribution in [0, 0.1) is 6.92 Å². The molecule has 1 unspecified atom stereocenters. The second-order valence-corrected chi connectivity index (χ2v) is 9.06. The van der Waals surface area contributed by atoms with Gasteiger partial charge in [-0.05, 0) is 67.2 Å². The van der Waals surface area contributed by atoms with Crippen LogP contribution in [-0.4, -0.2) is 13.4 Å². The quantitative estimate of drug-likeness (QED) is 0.626. The lowest BCUT2D eigenvalue weighted by Gasteiger charge is -2.22. The van der Waals surface area contributed by atoms with Gasteiger partial charge in [-0.3, -0.25) is 4.98 Å². The highest BCUT2D eigenvalue weighted by atomic mass is 32.2. The van der Waals surface area contributed by atoms with Crippen molar-refractivity contribution in [3.05, 3.63) is 101 Å². The summed E-state index contributed by atoms with van der Waals surface area (Å²) in [6.45, 7) is 1.94. The van der Waals surface area contributed by atoms with E-state index in [-0.39, 0.29) is 4.90 Å². The zero-order valence-electron chi connectivity index (χ0n) is 16.4. The first-order valence-corrected chi connectivity index (χ1v) is 11.3. The molecular formula is C24H24N2O2S. The minimum atomic E-state index is -3.67. The van der Waals surface area contributed by atoms with Crippen molar-refractivity contribution in [3.63, 3.8) is 0 Å². The second-order valence-electron chi connectivity index (χ2n) is 7.35. The van der Waals surface area contributed by atoms with Crippen molar-refractivity contribution in [1.29, 1.82) is 0 Å². The molecule has 0 fully saturated rings. The third kappa shape index (κ3) is 4.31. The summed E-state index contributed by atoms with van der Waals surface area (Å²) < 4.78 is 29.3. The zero-order chi connectivity index (χ0) is 20.3. The Morgan fingerprint density at radius 1 is 0.897 bits per heavy atom. The summed E-state index contributed by atoms with van der Waals surface area (Å²) in [5, 5.41) is 0. The fourth-order valence-electron chi connectivity index (χ4n) is 3.85. The van der Waals surface area contributed by atoms with Gasteiger partial charge in [0.15, 0.2) is 0 Å². The largest absolute Gasteiger partial charge is 0.257 e. The third-order valence-electron chi connectivity index (χ3n) is 5.32. The van der Waals surface area contributed by atoms with E-state index in [4.69, 9.17) is 0 Å². The molecule has 2 aromatic carbocycles. The molecule has 0 aliphatic heterocycles. The van der Waals surface area contributed by atoms with E-state index >= 15 is 0 Å². The fourth-order valence-corrected chi connectivity index (χ4v) is 5.07. The Kier molecular flexibility index (Phi) is 5.60. The fraction of sp³-hybridized carbons (Fsp3) is 0.208. The van der Waals surface area contributed by atoms with Gasteiger partial charge in [-0.2, -0.15) is 4.72 Å². The molecule has 1 heterocycles. The first-order chi connectivity index (χ1) is 14.0. The van der Waals surface area contributed by atoms with Gasteiger partial charge in [0.2, 0.25) is 10.0 Å². The van der Waals surface area contributed by atoms with E-state index in [0.717, 1.165) is 47.2 Å². The van der Waals surface area contributed by atoms with Crippen molar-refractivity contribution < 1.29 is 8.42 Å². The van der Waals surface area contributed by atoms with Gasteiger partial charge in [-0.25, -0.2) is 8.42 Å². The molecular weight excluding hydrogens is 380 g/mol. The molecule has 1 aliphatic rings. The van der Waals surface area contributed by atoms with Crippen molar-refractivity contribution in [3.8, 4) is 0 Å². The second kappa shape index (κ2) is 8.31. The Balaban J connectivity index is 1.78. The molecule has 148 valence electrons. The average Bonchev–Trinajstić information content (AvgIpc) is 3.23. The topological polar surface area (TPSA) is 59.1 Å². The number of rotatable bonds is 6. The molecule has 0 amide bonds. The Morgan fingerprint density at radius 3 is 2.31 bits per heavy atom. The average molecular weight is 405 g/mol. The maximum Gasteiger partial charge on any atom is 0.241 e. The molecule has 1 aliphatic carbocycles. The Hall–Kier alpha value is -2.76. The molecule has 5 heteroatoms. The van der Waals surface area contributed by atoms with Gasteiger partial charge in [0.25, 0.3) is 0 Å². The Bertz CT molecular complexity index is 1110. The van der Waals surface area contributed by atoms with Crippen molar-refractivity contribution >= 4 is 15.6 Å². The van der Waals surface area contributed by atoms with Crippen molar-refractivity contribution in [2.45, 2.75) is 37.1 Å². The lowest BCUT2D eigenvalue weighted by Crippen LogP contribution is -2.30. The number of benzene rings is 2. The summed E-state index contributed by atoms with van der Waals surface area (Å²) in [6.07, 6.45) is 4.53. The molecule has 29 heavy (non-hydrogen) atoms. The van der Waals surface area contributed by atoms with E-state index in [9.17, 15) is 8.42 Å². The van der Waals surface area contributed by atoms with Gasteiger partial charge < -0.3 is 0 Å². The van der Waals surface area contributed by atoms with Crippen LogP contribution >= 0.6 is 0 Å². The molecule has 4 rings (SSSR count). The molecule has 4 nitrogen and oxygen atoms in total. The smallest absolute Gasteiger partial charge is 0.241 e. The number of nitrogens with zero attached hydrogens (tertiary/aromatic N) is 1. The van der Waals surface area contributed by atoms with Crippen molar-refractivity contribution in [2.24, 2.45) is 0 Å². The maximum absolute atomic E-state index is 13.2. The van der Waals surface area contributed by atoms with Crippen molar-refractivity contribution in [2.75, 3.05) is 0 Å². The minimum absolute atomic E-state index is 0.280. The van der Waals surface area contributed by atoms with Gasteiger partial charge in [0.1, 0.15) is 0 Å². The number of pyridine rings is 1. The van der Waals surface area contributed by atoms with Gasteiger partial charge >= 0.3 is 0 Å². The van der Waals surface area contributed by atoms with Gasteiger partial charge in [-0.1, -0.05) is 54.1 Å². The minimum Gasteiger partial charge on any atom is -0.257 e. The first-order valence-electron chi connectivity index (χ1n) is 9.82. The van der Waals surface area contributed by atoms with Crippen LogP contribution in [-0.2, 0) is 10.0 Å². The summed E-state index contributed by atoms with van der Waals surface area (Å²) in [7, 11) is -3.67. The van der Waals surface area contributed by atoms with Crippen LogP contribution in [0.25, 0.3) is 5.57 Å². The molecule has 3 aromatic rings. The molecule has 1 N–H and O–H groups in total. The number of nitrogens with one attached hydrogen (secondary N) is 1. The van der Waals surface area contributed by atoms with Gasteiger partial charge in [-0.15, -0.1) is 0 Å². The molecule has 1 aromatic heterocycles. The summed E-state index contributed by atoms with van der Waals surface area (Å²) in [4.78, 5) is 4.80.